The molecule has 0 spiro atoms. The lowest BCUT2D eigenvalue weighted by Crippen LogP contribution is -2.58. The summed E-state index contributed by atoms with van der Waals surface area (Å²) in [4.78, 5) is 16.9. The molecule has 5 heteroatoms. The smallest absolute Gasteiger partial charge is 0.256 e. The topological polar surface area (TPSA) is 43.8 Å². The molecule has 4 nitrogen and oxygen atoms in total. The van der Waals surface area contributed by atoms with Crippen LogP contribution in [0.2, 0.25) is 0 Å². The third kappa shape index (κ3) is 4.79. The van der Waals surface area contributed by atoms with E-state index in [1.807, 2.05) is 0 Å². The molecule has 2 aliphatic heterocycles. The van der Waals surface area contributed by atoms with Crippen LogP contribution in [0, 0.1) is 5.82 Å². The summed E-state index contributed by atoms with van der Waals surface area (Å²) in [5.74, 6) is -0.451. The number of amides is 1. The van der Waals surface area contributed by atoms with Gasteiger partial charge in [0.25, 0.3) is 5.91 Å². The minimum atomic E-state index is -1.28. The lowest BCUT2D eigenvalue weighted by atomic mass is 9.90. The number of carbonyl (C=O) groups is 1. The van der Waals surface area contributed by atoms with Gasteiger partial charge >= 0.3 is 0 Å². The largest absolute Gasteiger partial charge is 0.379 e. The van der Waals surface area contributed by atoms with Gasteiger partial charge in [0, 0.05) is 19.6 Å². The highest BCUT2D eigenvalue weighted by Gasteiger charge is 2.43. The standard InChI is InChI=1S/C20H29FN2O2/c21-18-9-7-17(8-10-18)15-23-14-6-11-20(25,19(23)24)16-22-12-4-2-1-3-5-13-22/h7-10,25H,1-6,11-16H2. The Morgan fingerprint density at radius 1 is 0.960 bits per heavy atom. The highest BCUT2D eigenvalue weighted by Crippen LogP contribution is 2.26. The van der Waals surface area contributed by atoms with Crippen molar-refractivity contribution >= 4 is 5.91 Å². The van der Waals surface area contributed by atoms with E-state index in [0.29, 0.717) is 26.1 Å². The summed E-state index contributed by atoms with van der Waals surface area (Å²) in [6.07, 6.45) is 7.38. The maximum absolute atomic E-state index is 13.1. The maximum atomic E-state index is 13.1. The van der Waals surface area contributed by atoms with Crippen LogP contribution in [-0.2, 0) is 11.3 Å². The Morgan fingerprint density at radius 3 is 2.28 bits per heavy atom. The number of hydrogen-bond donors (Lipinski definition) is 1. The summed E-state index contributed by atoms with van der Waals surface area (Å²) < 4.78 is 13.1. The molecule has 0 radical (unpaired) electrons. The van der Waals surface area contributed by atoms with E-state index >= 15 is 0 Å². The number of carbonyl (C=O) groups excluding carboxylic acids is 1. The van der Waals surface area contributed by atoms with Gasteiger partial charge < -0.3 is 10.0 Å². The van der Waals surface area contributed by atoms with E-state index in [0.717, 1.165) is 37.9 Å². The first-order chi connectivity index (χ1) is 12.1. The minimum absolute atomic E-state index is 0.176. The zero-order valence-electron chi connectivity index (χ0n) is 14.9. The van der Waals surface area contributed by atoms with Crippen LogP contribution >= 0.6 is 0 Å². The maximum Gasteiger partial charge on any atom is 0.256 e. The third-order valence-electron chi connectivity index (χ3n) is 5.42. The van der Waals surface area contributed by atoms with Crippen molar-refractivity contribution in [3.63, 3.8) is 0 Å². The molecule has 0 bridgehead atoms. The molecule has 1 atom stereocenters. The fourth-order valence-electron chi connectivity index (χ4n) is 4.01. The van der Waals surface area contributed by atoms with Crippen LogP contribution in [0.15, 0.2) is 24.3 Å². The molecule has 0 aromatic heterocycles. The molecule has 2 aliphatic rings. The lowest BCUT2D eigenvalue weighted by molar-refractivity contribution is -0.160. The minimum Gasteiger partial charge on any atom is -0.379 e. The molecule has 2 heterocycles. The van der Waals surface area contributed by atoms with E-state index < -0.39 is 5.60 Å². The zero-order chi connectivity index (χ0) is 17.7. The molecule has 1 amide bonds. The fraction of sp³-hybridized carbons (Fsp3) is 0.650. The predicted octanol–water partition coefficient (Wildman–Crippen LogP) is 2.95. The number of likely N-dealkylation sites (tertiary alicyclic amines) is 2. The Hall–Kier alpha value is -1.46. The highest BCUT2D eigenvalue weighted by atomic mass is 19.1. The molecule has 25 heavy (non-hydrogen) atoms. The number of rotatable bonds is 4. The molecule has 3 rings (SSSR count). The number of piperidine rings is 1. The van der Waals surface area contributed by atoms with Gasteiger partial charge in [-0.2, -0.15) is 0 Å². The van der Waals surface area contributed by atoms with Crippen LogP contribution < -0.4 is 0 Å². The van der Waals surface area contributed by atoms with Crippen LogP contribution in [0.25, 0.3) is 0 Å². The van der Waals surface area contributed by atoms with Crippen LogP contribution in [0.1, 0.15) is 50.5 Å². The molecule has 0 aliphatic carbocycles. The molecule has 138 valence electrons. The van der Waals surface area contributed by atoms with E-state index in [1.54, 1.807) is 17.0 Å². The zero-order valence-corrected chi connectivity index (χ0v) is 14.9. The lowest BCUT2D eigenvalue weighted by Gasteiger charge is -2.41. The van der Waals surface area contributed by atoms with Gasteiger partial charge in [-0.1, -0.05) is 31.4 Å². The van der Waals surface area contributed by atoms with Crippen LogP contribution in [-0.4, -0.2) is 52.6 Å². The summed E-state index contributed by atoms with van der Waals surface area (Å²) in [5, 5.41) is 11.1. The monoisotopic (exact) mass is 348 g/mol. The van der Waals surface area contributed by atoms with Gasteiger partial charge in [-0.25, -0.2) is 4.39 Å². The number of aliphatic hydroxyl groups is 1. The van der Waals surface area contributed by atoms with E-state index in [9.17, 15) is 14.3 Å². The average Bonchev–Trinajstić information content (AvgIpc) is 2.57. The van der Waals surface area contributed by atoms with Gasteiger partial charge in [-0.15, -0.1) is 0 Å². The first kappa shape index (κ1) is 18.3. The number of halogens is 1. The summed E-state index contributed by atoms with van der Waals surface area (Å²) in [6.45, 7) is 3.45. The van der Waals surface area contributed by atoms with Crippen LogP contribution in [0.5, 0.6) is 0 Å². The van der Waals surface area contributed by atoms with Crippen molar-refractivity contribution in [2.24, 2.45) is 0 Å². The van der Waals surface area contributed by atoms with Crippen molar-refractivity contribution in [3.8, 4) is 0 Å². The fourth-order valence-corrected chi connectivity index (χ4v) is 4.01. The molecule has 2 fully saturated rings. The van der Waals surface area contributed by atoms with Crippen molar-refractivity contribution in [2.45, 2.75) is 57.1 Å². The van der Waals surface area contributed by atoms with Gasteiger partial charge in [0.1, 0.15) is 5.82 Å². The number of β-amino-alcohol motifs (C(OH)–C–C–N with tert-alkyl or cyclic N) is 1. The second kappa shape index (κ2) is 8.28. The van der Waals surface area contributed by atoms with Crippen LogP contribution in [0.4, 0.5) is 4.39 Å². The second-order valence-corrected chi connectivity index (χ2v) is 7.53. The summed E-state index contributed by atoms with van der Waals surface area (Å²) >= 11 is 0. The first-order valence-electron chi connectivity index (χ1n) is 9.55. The SMILES string of the molecule is O=C1N(Cc2ccc(F)cc2)CCCC1(O)CN1CCCCCCC1. The van der Waals surface area contributed by atoms with Gasteiger partial charge in [-0.3, -0.25) is 9.69 Å². The second-order valence-electron chi connectivity index (χ2n) is 7.53. The third-order valence-corrected chi connectivity index (χ3v) is 5.42. The van der Waals surface area contributed by atoms with E-state index in [2.05, 4.69) is 4.90 Å². The summed E-state index contributed by atoms with van der Waals surface area (Å²) in [6, 6.07) is 6.23. The van der Waals surface area contributed by atoms with Gasteiger partial charge in [0.15, 0.2) is 5.60 Å². The average molecular weight is 348 g/mol. The van der Waals surface area contributed by atoms with Gasteiger partial charge in [-0.05, 0) is 56.5 Å². The Labute approximate surface area is 149 Å². The Balaban J connectivity index is 1.64. The van der Waals surface area contributed by atoms with E-state index in [-0.39, 0.29) is 11.7 Å². The Morgan fingerprint density at radius 2 is 1.60 bits per heavy atom. The van der Waals surface area contributed by atoms with E-state index in [1.165, 1.54) is 31.4 Å². The van der Waals surface area contributed by atoms with Crippen molar-refractivity contribution in [1.82, 2.24) is 9.80 Å². The summed E-state index contributed by atoms with van der Waals surface area (Å²) in [5.41, 5.74) is -0.387. The van der Waals surface area contributed by atoms with Crippen molar-refractivity contribution in [2.75, 3.05) is 26.2 Å². The Bertz CT molecular complexity index is 570. The molecule has 1 N–H and O–H groups in total. The predicted molar refractivity (Wildman–Crippen MR) is 95.5 cm³/mol. The first-order valence-corrected chi connectivity index (χ1v) is 9.55. The molecule has 1 unspecified atom stereocenters. The Kier molecular flexibility index (Phi) is 6.07. The number of benzene rings is 1. The molecule has 0 saturated carbocycles. The van der Waals surface area contributed by atoms with Gasteiger partial charge in [0.2, 0.25) is 0 Å². The number of hydrogen-bond acceptors (Lipinski definition) is 3. The molecule has 1 aromatic carbocycles. The highest BCUT2D eigenvalue weighted by molar-refractivity contribution is 5.86. The molecular formula is C20H29FN2O2. The normalized spacial score (nSPS) is 26.3. The summed E-state index contributed by atoms with van der Waals surface area (Å²) in [7, 11) is 0. The van der Waals surface area contributed by atoms with Crippen molar-refractivity contribution in [1.29, 1.82) is 0 Å². The molecular weight excluding hydrogens is 319 g/mol. The van der Waals surface area contributed by atoms with Gasteiger partial charge in [0.05, 0.1) is 0 Å². The molecule has 1 aromatic rings. The van der Waals surface area contributed by atoms with Crippen LogP contribution in [0.3, 0.4) is 0 Å². The van der Waals surface area contributed by atoms with Crippen molar-refractivity contribution < 1.29 is 14.3 Å². The quantitative estimate of drug-likeness (QED) is 0.910. The number of nitrogens with zero attached hydrogens (tertiary/aromatic N) is 2. The molecule has 2 saturated heterocycles. The van der Waals surface area contributed by atoms with Crippen molar-refractivity contribution in [3.05, 3.63) is 35.6 Å². The van der Waals surface area contributed by atoms with E-state index in [4.69, 9.17) is 0 Å².